The third-order valence-corrected chi connectivity index (χ3v) is 4.90. The topological polar surface area (TPSA) is 74.7 Å². The minimum atomic E-state index is -0.0665. The summed E-state index contributed by atoms with van der Waals surface area (Å²) in [7, 11) is 0. The maximum Gasteiger partial charge on any atom is 0.317 e. The Morgan fingerprint density at radius 2 is 2.17 bits per heavy atom. The van der Waals surface area contributed by atoms with Crippen molar-refractivity contribution in [1.82, 2.24) is 15.2 Å². The number of pyridine rings is 1. The molecule has 1 aromatic rings. The van der Waals surface area contributed by atoms with Gasteiger partial charge in [-0.15, -0.1) is 0 Å². The van der Waals surface area contributed by atoms with E-state index in [4.69, 9.17) is 4.74 Å². The molecule has 1 saturated heterocycles. The van der Waals surface area contributed by atoms with E-state index in [9.17, 15) is 9.90 Å². The number of urea groups is 1. The fourth-order valence-corrected chi connectivity index (χ4v) is 3.49. The summed E-state index contributed by atoms with van der Waals surface area (Å²) in [5.74, 6) is 0.851. The summed E-state index contributed by atoms with van der Waals surface area (Å²) < 4.78 is 5.91. The lowest BCUT2D eigenvalue weighted by Crippen LogP contribution is -2.45. The van der Waals surface area contributed by atoms with E-state index in [1.165, 1.54) is 12.8 Å². The largest absolute Gasteiger partial charge is 0.474 e. The number of hydrogen-bond donors (Lipinski definition) is 2. The van der Waals surface area contributed by atoms with Gasteiger partial charge in [-0.1, -0.05) is 0 Å². The van der Waals surface area contributed by atoms with Crippen molar-refractivity contribution >= 4 is 6.03 Å². The van der Waals surface area contributed by atoms with E-state index >= 15 is 0 Å². The van der Waals surface area contributed by atoms with E-state index in [-0.39, 0.29) is 24.7 Å². The highest BCUT2D eigenvalue weighted by Gasteiger charge is 2.23. The van der Waals surface area contributed by atoms with Gasteiger partial charge in [0.05, 0.1) is 0 Å². The number of carbonyl (C=O) groups excluding carboxylic acids is 1. The first-order valence-corrected chi connectivity index (χ1v) is 9.00. The number of aliphatic hydroxyl groups is 1. The number of aliphatic hydroxyl groups excluding tert-OH is 1. The molecule has 6 heteroatoms. The molecule has 3 rings (SSSR count). The zero-order chi connectivity index (χ0) is 16.8. The Labute approximate surface area is 143 Å². The van der Waals surface area contributed by atoms with E-state index in [0.29, 0.717) is 19.0 Å². The second-order valence-electron chi connectivity index (χ2n) is 6.82. The van der Waals surface area contributed by atoms with Gasteiger partial charge in [0.1, 0.15) is 6.10 Å². The zero-order valence-electron chi connectivity index (χ0n) is 14.1. The molecule has 2 heterocycles. The molecule has 0 spiro atoms. The average molecular weight is 333 g/mol. The van der Waals surface area contributed by atoms with E-state index in [1.54, 1.807) is 11.1 Å². The number of piperidine rings is 1. The molecule has 24 heavy (non-hydrogen) atoms. The van der Waals surface area contributed by atoms with Crippen LogP contribution in [0.3, 0.4) is 0 Å². The van der Waals surface area contributed by atoms with Crippen molar-refractivity contribution in [1.29, 1.82) is 0 Å². The van der Waals surface area contributed by atoms with E-state index < -0.39 is 0 Å². The second kappa shape index (κ2) is 8.33. The SMILES string of the molecule is O=C(NCc1ccnc(OC2CCCC2)c1)N1CCCC(CO)C1. The molecule has 2 amide bonds. The lowest BCUT2D eigenvalue weighted by Gasteiger charge is -2.31. The standard InChI is InChI=1S/C18H27N3O3/c22-13-15-4-3-9-21(12-15)18(23)20-11-14-7-8-19-17(10-14)24-16-5-1-2-6-16/h7-8,10,15-16,22H,1-6,9,11-13H2,(H,20,23). The number of nitrogens with zero attached hydrogens (tertiary/aromatic N) is 2. The van der Waals surface area contributed by atoms with Gasteiger partial charge in [-0.3, -0.25) is 0 Å². The molecule has 0 aromatic carbocycles. The molecule has 0 bridgehead atoms. The van der Waals surface area contributed by atoms with Crippen LogP contribution >= 0.6 is 0 Å². The average Bonchev–Trinajstić information content (AvgIpc) is 3.13. The number of hydrogen-bond acceptors (Lipinski definition) is 4. The lowest BCUT2D eigenvalue weighted by atomic mass is 9.99. The Kier molecular flexibility index (Phi) is 5.91. The zero-order valence-corrected chi connectivity index (χ0v) is 14.1. The molecule has 1 unspecified atom stereocenters. The third-order valence-electron chi connectivity index (χ3n) is 4.90. The van der Waals surface area contributed by atoms with E-state index in [1.807, 2.05) is 12.1 Å². The molecule has 132 valence electrons. The van der Waals surface area contributed by atoms with Crippen molar-refractivity contribution in [3.05, 3.63) is 23.9 Å². The van der Waals surface area contributed by atoms with Crippen LogP contribution in [0, 0.1) is 5.92 Å². The van der Waals surface area contributed by atoms with Gasteiger partial charge < -0.3 is 20.1 Å². The Hall–Kier alpha value is -1.82. The number of rotatable bonds is 5. The van der Waals surface area contributed by atoms with Crippen molar-refractivity contribution in [3.63, 3.8) is 0 Å². The summed E-state index contributed by atoms with van der Waals surface area (Å²) in [5.41, 5.74) is 0.988. The van der Waals surface area contributed by atoms with Crippen molar-refractivity contribution < 1.29 is 14.6 Å². The van der Waals surface area contributed by atoms with Crippen LogP contribution in [0.25, 0.3) is 0 Å². The van der Waals surface area contributed by atoms with E-state index in [0.717, 1.165) is 37.8 Å². The number of amides is 2. The number of nitrogens with one attached hydrogen (secondary N) is 1. The molecular weight excluding hydrogens is 306 g/mol. The van der Waals surface area contributed by atoms with Gasteiger partial charge in [-0.2, -0.15) is 0 Å². The molecule has 0 radical (unpaired) electrons. The fourth-order valence-electron chi connectivity index (χ4n) is 3.49. The Balaban J connectivity index is 1.49. The van der Waals surface area contributed by atoms with Gasteiger partial charge in [0, 0.05) is 38.5 Å². The second-order valence-corrected chi connectivity index (χ2v) is 6.82. The summed E-state index contributed by atoms with van der Waals surface area (Å²) >= 11 is 0. The molecule has 1 aliphatic carbocycles. The predicted molar refractivity (Wildman–Crippen MR) is 90.7 cm³/mol. The smallest absolute Gasteiger partial charge is 0.317 e. The number of carbonyl (C=O) groups is 1. The molecule has 2 aliphatic rings. The normalized spacial score (nSPS) is 21.7. The summed E-state index contributed by atoms with van der Waals surface area (Å²) in [5, 5.41) is 12.2. The number of aromatic nitrogens is 1. The van der Waals surface area contributed by atoms with Crippen LogP contribution in [-0.4, -0.2) is 46.8 Å². The Morgan fingerprint density at radius 1 is 1.33 bits per heavy atom. The van der Waals surface area contributed by atoms with Crippen molar-refractivity contribution in [2.45, 2.75) is 51.2 Å². The summed E-state index contributed by atoms with van der Waals surface area (Å²) in [6.07, 6.45) is 8.61. The fraction of sp³-hybridized carbons (Fsp3) is 0.667. The highest BCUT2D eigenvalue weighted by molar-refractivity contribution is 5.74. The highest BCUT2D eigenvalue weighted by atomic mass is 16.5. The van der Waals surface area contributed by atoms with E-state index in [2.05, 4.69) is 10.3 Å². The molecule has 2 N–H and O–H groups in total. The van der Waals surface area contributed by atoms with Gasteiger partial charge in [-0.05, 0) is 56.1 Å². The van der Waals surface area contributed by atoms with Crippen LogP contribution in [-0.2, 0) is 6.54 Å². The van der Waals surface area contributed by atoms with Gasteiger partial charge in [-0.25, -0.2) is 9.78 Å². The lowest BCUT2D eigenvalue weighted by molar-refractivity contribution is 0.129. The van der Waals surface area contributed by atoms with Crippen LogP contribution < -0.4 is 10.1 Å². The van der Waals surface area contributed by atoms with Crippen LogP contribution in [0.4, 0.5) is 4.79 Å². The monoisotopic (exact) mass is 333 g/mol. The molecule has 2 fully saturated rings. The van der Waals surface area contributed by atoms with Crippen LogP contribution in [0.2, 0.25) is 0 Å². The van der Waals surface area contributed by atoms with Gasteiger partial charge in [0.15, 0.2) is 0 Å². The predicted octanol–water partition coefficient (Wildman–Crippen LogP) is 2.32. The summed E-state index contributed by atoms with van der Waals surface area (Å²) in [6.45, 7) is 2.00. The first kappa shape index (κ1) is 17.0. The first-order valence-electron chi connectivity index (χ1n) is 9.00. The maximum absolute atomic E-state index is 12.3. The van der Waals surface area contributed by atoms with Crippen molar-refractivity contribution in [2.24, 2.45) is 5.92 Å². The maximum atomic E-state index is 12.3. The molecule has 6 nitrogen and oxygen atoms in total. The number of ether oxygens (including phenoxy) is 1. The van der Waals surface area contributed by atoms with Crippen molar-refractivity contribution in [3.8, 4) is 5.88 Å². The Bertz CT molecular complexity index is 546. The molecule has 1 saturated carbocycles. The molecule has 1 atom stereocenters. The highest BCUT2D eigenvalue weighted by Crippen LogP contribution is 2.23. The molecule has 1 aliphatic heterocycles. The first-order chi connectivity index (χ1) is 11.7. The van der Waals surface area contributed by atoms with Gasteiger partial charge in [0.2, 0.25) is 5.88 Å². The van der Waals surface area contributed by atoms with Gasteiger partial charge in [0.25, 0.3) is 0 Å². The Morgan fingerprint density at radius 3 is 2.96 bits per heavy atom. The summed E-state index contributed by atoms with van der Waals surface area (Å²) in [6, 6.07) is 3.74. The molecule has 1 aromatic heterocycles. The minimum Gasteiger partial charge on any atom is -0.474 e. The summed E-state index contributed by atoms with van der Waals surface area (Å²) in [4.78, 5) is 18.3. The van der Waals surface area contributed by atoms with Crippen LogP contribution in [0.15, 0.2) is 18.3 Å². The van der Waals surface area contributed by atoms with Crippen LogP contribution in [0.5, 0.6) is 5.88 Å². The minimum absolute atomic E-state index is 0.0665. The van der Waals surface area contributed by atoms with Gasteiger partial charge >= 0.3 is 6.03 Å². The van der Waals surface area contributed by atoms with Crippen LogP contribution in [0.1, 0.15) is 44.1 Å². The number of likely N-dealkylation sites (tertiary alicyclic amines) is 1. The molecular formula is C18H27N3O3. The van der Waals surface area contributed by atoms with Crippen molar-refractivity contribution in [2.75, 3.05) is 19.7 Å². The quantitative estimate of drug-likeness (QED) is 0.867. The third kappa shape index (κ3) is 4.60.